The summed E-state index contributed by atoms with van der Waals surface area (Å²) < 4.78 is 45.5. The maximum Gasteiger partial charge on any atom is 0.436 e. The van der Waals surface area contributed by atoms with Crippen molar-refractivity contribution in [2.75, 3.05) is 19.5 Å². The molecule has 220 valence electrons. The molecule has 0 saturated carbocycles. The van der Waals surface area contributed by atoms with E-state index >= 15 is 0 Å². The number of carbonyl (C=O) groups is 3. The Morgan fingerprint density at radius 3 is 2.52 bits per heavy atom. The summed E-state index contributed by atoms with van der Waals surface area (Å²) in [5.74, 6) is -1.53. The topological polar surface area (TPSA) is 149 Å². The number of hydrazine groups is 1. The second kappa shape index (κ2) is 12.0. The fourth-order valence-electron chi connectivity index (χ4n) is 3.70. The van der Waals surface area contributed by atoms with Crippen LogP contribution in [0, 0.1) is 6.92 Å². The SMILES string of the molecule is COC(=O)N(C)NC(=O)c1cc(Cl)cc(C)c1NC(=O)c1cc(Cn2cc(C(F)(F)F)nn2)nn1-c1ncccc1Cl. The Hall–Kier alpha value is -4.70. The van der Waals surface area contributed by atoms with Crippen LogP contribution in [0.5, 0.6) is 0 Å². The van der Waals surface area contributed by atoms with Crippen molar-refractivity contribution in [1.82, 2.24) is 40.2 Å². The van der Waals surface area contributed by atoms with Gasteiger partial charge in [0.2, 0.25) is 0 Å². The average Bonchev–Trinajstić information content (AvgIpc) is 3.57. The number of ether oxygens (including phenoxy) is 1. The minimum atomic E-state index is -4.70. The van der Waals surface area contributed by atoms with Crippen molar-refractivity contribution in [1.29, 1.82) is 0 Å². The molecule has 42 heavy (non-hydrogen) atoms. The van der Waals surface area contributed by atoms with Crippen LogP contribution in [-0.2, 0) is 17.5 Å². The lowest BCUT2D eigenvalue weighted by atomic mass is 10.1. The molecule has 0 aliphatic heterocycles. The Labute approximate surface area is 245 Å². The maximum absolute atomic E-state index is 13.6. The maximum atomic E-state index is 13.6. The first kappa shape index (κ1) is 30.3. The number of hydrogen-bond acceptors (Lipinski definition) is 8. The molecule has 0 aliphatic carbocycles. The molecule has 0 bridgehead atoms. The monoisotopic (exact) mass is 625 g/mol. The Balaban J connectivity index is 1.72. The van der Waals surface area contributed by atoms with Crippen molar-refractivity contribution in [2.24, 2.45) is 0 Å². The van der Waals surface area contributed by atoms with Crippen LogP contribution in [-0.4, -0.2) is 66.8 Å². The van der Waals surface area contributed by atoms with Gasteiger partial charge < -0.3 is 10.1 Å². The normalized spacial score (nSPS) is 11.2. The number of pyridine rings is 1. The Morgan fingerprint density at radius 2 is 1.88 bits per heavy atom. The predicted molar refractivity (Wildman–Crippen MR) is 142 cm³/mol. The molecule has 0 atom stereocenters. The third-order valence-corrected chi connectivity index (χ3v) is 6.10. The molecule has 0 spiro atoms. The van der Waals surface area contributed by atoms with Gasteiger partial charge in [-0.3, -0.25) is 15.0 Å². The molecule has 4 aromatic rings. The molecule has 1 aromatic carbocycles. The molecule has 4 rings (SSSR count). The van der Waals surface area contributed by atoms with Crippen molar-refractivity contribution in [2.45, 2.75) is 19.6 Å². The number of methoxy groups -OCH3 is 1. The van der Waals surface area contributed by atoms with E-state index in [9.17, 15) is 27.6 Å². The highest BCUT2D eigenvalue weighted by Crippen LogP contribution is 2.29. The number of benzene rings is 1. The number of anilines is 1. The number of aromatic nitrogens is 6. The van der Waals surface area contributed by atoms with E-state index in [0.717, 1.165) is 21.5 Å². The van der Waals surface area contributed by atoms with E-state index in [0.29, 0.717) is 11.8 Å². The molecule has 3 heterocycles. The molecule has 0 aliphatic rings. The second-order valence-electron chi connectivity index (χ2n) is 8.61. The highest BCUT2D eigenvalue weighted by atomic mass is 35.5. The Morgan fingerprint density at radius 1 is 1.14 bits per heavy atom. The van der Waals surface area contributed by atoms with E-state index in [1.807, 2.05) is 0 Å². The lowest BCUT2D eigenvalue weighted by Gasteiger charge is -2.19. The average molecular weight is 626 g/mol. The number of carbonyl (C=O) groups excluding carboxylic acids is 3. The zero-order valence-electron chi connectivity index (χ0n) is 21.9. The van der Waals surface area contributed by atoms with Gasteiger partial charge in [-0.15, -0.1) is 5.10 Å². The van der Waals surface area contributed by atoms with Gasteiger partial charge in [0.1, 0.15) is 5.69 Å². The molecular formula is C24H20Cl2F3N9O4. The summed E-state index contributed by atoms with van der Waals surface area (Å²) in [6.07, 6.45) is -3.46. The highest BCUT2D eigenvalue weighted by molar-refractivity contribution is 6.32. The quantitative estimate of drug-likeness (QED) is 0.304. The second-order valence-corrected chi connectivity index (χ2v) is 9.45. The third kappa shape index (κ3) is 6.60. The van der Waals surface area contributed by atoms with Gasteiger partial charge in [0.25, 0.3) is 11.8 Å². The summed E-state index contributed by atoms with van der Waals surface area (Å²) in [5.41, 5.74) is 1.45. The molecule has 3 amide bonds. The number of nitrogens with one attached hydrogen (secondary N) is 2. The standard InChI is InChI=1S/C24H20Cl2F3N9O4/c1-12-7-13(25)8-15(21(39)34-36(2)23(41)42-3)19(12)31-22(40)17-9-14(10-37-11-18(32-35-37)24(27,28)29)33-38(17)20-16(26)5-4-6-30-20/h4-9,11H,10H2,1-3H3,(H,31,40)(H,34,39). The van der Waals surface area contributed by atoms with Crippen LogP contribution in [0.3, 0.4) is 0 Å². The van der Waals surface area contributed by atoms with Crippen LogP contribution in [0.15, 0.2) is 42.7 Å². The van der Waals surface area contributed by atoms with E-state index in [-0.39, 0.29) is 45.0 Å². The van der Waals surface area contributed by atoms with Crippen molar-refractivity contribution in [3.63, 3.8) is 0 Å². The zero-order chi connectivity index (χ0) is 30.8. The molecule has 0 saturated heterocycles. The molecule has 18 heteroatoms. The molecule has 0 unspecified atom stereocenters. The van der Waals surface area contributed by atoms with Gasteiger partial charge in [0.05, 0.1) is 41.8 Å². The van der Waals surface area contributed by atoms with Crippen molar-refractivity contribution >= 4 is 46.8 Å². The number of rotatable bonds is 6. The van der Waals surface area contributed by atoms with Gasteiger partial charge >= 0.3 is 12.3 Å². The molecule has 2 N–H and O–H groups in total. The summed E-state index contributed by atoms with van der Waals surface area (Å²) in [5, 5.41) is 14.6. The van der Waals surface area contributed by atoms with Gasteiger partial charge in [0, 0.05) is 18.3 Å². The lowest BCUT2D eigenvalue weighted by Crippen LogP contribution is -2.43. The van der Waals surface area contributed by atoms with Gasteiger partial charge in [-0.05, 0) is 42.8 Å². The zero-order valence-corrected chi connectivity index (χ0v) is 23.4. The predicted octanol–water partition coefficient (Wildman–Crippen LogP) is 4.14. The van der Waals surface area contributed by atoms with Crippen molar-refractivity contribution in [3.8, 4) is 5.82 Å². The number of aryl methyl sites for hydroxylation is 1. The lowest BCUT2D eigenvalue weighted by molar-refractivity contribution is -0.141. The minimum Gasteiger partial charge on any atom is -0.452 e. The van der Waals surface area contributed by atoms with Crippen molar-refractivity contribution < 1.29 is 32.3 Å². The van der Waals surface area contributed by atoms with Crippen molar-refractivity contribution in [3.05, 3.63) is 81.0 Å². The van der Waals surface area contributed by atoms with E-state index in [4.69, 9.17) is 23.2 Å². The van der Waals surface area contributed by atoms with Gasteiger partial charge in [-0.1, -0.05) is 28.4 Å². The minimum absolute atomic E-state index is 0.0488. The summed E-state index contributed by atoms with van der Waals surface area (Å²) in [7, 11) is 2.38. The smallest absolute Gasteiger partial charge is 0.436 e. The summed E-state index contributed by atoms with van der Waals surface area (Å²) in [6.45, 7) is 1.30. The van der Waals surface area contributed by atoms with Gasteiger partial charge in [-0.2, -0.15) is 18.3 Å². The molecule has 0 radical (unpaired) electrons. The van der Waals surface area contributed by atoms with E-state index in [1.165, 1.54) is 37.5 Å². The van der Waals surface area contributed by atoms with Gasteiger partial charge in [0.15, 0.2) is 11.5 Å². The van der Waals surface area contributed by atoms with Gasteiger partial charge in [-0.25, -0.2) is 24.2 Å². The van der Waals surface area contributed by atoms with E-state index in [2.05, 4.69) is 35.9 Å². The fraction of sp³-hybridized carbons (Fsp3) is 0.208. The van der Waals surface area contributed by atoms with Crippen LogP contribution < -0.4 is 10.7 Å². The first-order valence-electron chi connectivity index (χ1n) is 11.7. The fourth-order valence-corrected chi connectivity index (χ4v) is 4.17. The Kier molecular flexibility index (Phi) is 8.67. The number of hydrogen-bond donors (Lipinski definition) is 2. The first-order chi connectivity index (χ1) is 19.8. The number of halogens is 5. The number of alkyl halides is 3. The molecule has 3 aromatic heterocycles. The summed E-state index contributed by atoms with van der Waals surface area (Å²) in [4.78, 5) is 42.6. The van der Waals surface area contributed by atoms with Crippen LogP contribution in [0.25, 0.3) is 5.82 Å². The molecule has 0 fully saturated rings. The molecule has 13 nitrogen and oxygen atoms in total. The highest BCUT2D eigenvalue weighted by Gasteiger charge is 2.34. The summed E-state index contributed by atoms with van der Waals surface area (Å²) >= 11 is 12.5. The van der Waals surface area contributed by atoms with E-state index in [1.54, 1.807) is 13.0 Å². The molecular weight excluding hydrogens is 606 g/mol. The Bertz CT molecular complexity index is 1670. The van der Waals surface area contributed by atoms with E-state index < -0.39 is 29.8 Å². The van der Waals surface area contributed by atoms with Crippen LogP contribution in [0.4, 0.5) is 23.7 Å². The van der Waals surface area contributed by atoms with Crippen LogP contribution >= 0.6 is 23.2 Å². The number of amides is 3. The van der Waals surface area contributed by atoms with Crippen LogP contribution in [0.1, 0.15) is 37.8 Å². The number of nitrogens with zero attached hydrogens (tertiary/aromatic N) is 7. The largest absolute Gasteiger partial charge is 0.452 e. The van der Waals surface area contributed by atoms with Crippen LogP contribution in [0.2, 0.25) is 10.0 Å². The first-order valence-corrected chi connectivity index (χ1v) is 12.5. The third-order valence-electron chi connectivity index (χ3n) is 5.59. The summed E-state index contributed by atoms with van der Waals surface area (Å²) in [6, 6.07) is 7.14.